The predicted molar refractivity (Wildman–Crippen MR) is 69.4 cm³/mol. The van der Waals surface area contributed by atoms with Crippen molar-refractivity contribution < 1.29 is 14.7 Å². The average molecular weight is 262 g/mol. The number of carbonyl (C=O) groups is 2. The highest BCUT2D eigenvalue weighted by Gasteiger charge is 2.36. The number of rotatable bonds is 4. The van der Waals surface area contributed by atoms with Gasteiger partial charge in [-0.3, -0.25) is 14.6 Å². The van der Waals surface area contributed by atoms with E-state index in [9.17, 15) is 9.59 Å². The Hall–Kier alpha value is -1.91. The number of pyridine rings is 1. The van der Waals surface area contributed by atoms with E-state index in [0.29, 0.717) is 25.9 Å². The van der Waals surface area contributed by atoms with Gasteiger partial charge in [0, 0.05) is 31.9 Å². The summed E-state index contributed by atoms with van der Waals surface area (Å²) in [5, 5.41) is 9.04. The molecule has 1 amide bonds. The van der Waals surface area contributed by atoms with Crippen molar-refractivity contribution in [3.8, 4) is 0 Å². The van der Waals surface area contributed by atoms with Crippen LogP contribution >= 0.6 is 0 Å². The van der Waals surface area contributed by atoms with Crippen molar-refractivity contribution in [2.45, 2.75) is 19.8 Å². The summed E-state index contributed by atoms with van der Waals surface area (Å²) >= 11 is 0. The summed E-state index contributed by atoms with van der Waals surface area (Å²) in [7, 11) is 0. The molecule has 19 heavy (non-hydrogen) atoms. The van der Waals surface area contributed by atoms with Gasteiger partial charge >= 0.3 is 5.97 Å². The molecule has 1 aromatic rings. The lowest BCUT2D eigenvalue weighted by Gasteiger charge is -2.15. The molecule has 5 heteroatoms. The molecule has 0 aromatic carbocycles. The summed E-state index contributed by atoms with van der Waals surface area (Å²) in [4.78, 5) is 28.7. The maximum absolute atomic E-state index is 12.0. The smallest absolute Gasteiger partial charge is 0.308 e. The first kappa shape index (κ1) is 13.5. The highest BCUT2D eigenvalue weighted by atomic mass is 16.4. The molecule has 5 nitrogen and oxygen atoms in total. The van der Waals surface area contributed by atoms with E-state index in [4.69, 9.17) is 5.11 Å². The van der Waals surface area contributed by atoms with E-state index in [2.05, 4.69) is 4.98 Å². The molecule has 0 bridgehead atoms. The van der Waals surface area contributed by atoms with Crippen LogP contribution in [0.5, 0.6) is 0 Å². The first-order valence-corrected chi connectivity index (χ1v) is 6.47. The molecule has 2 rings (SSSR count). The summed E-state index contributed by atoms with van der Waals surface area (Å²) < 4.78 is 0. The lowest BCUT2D eigenvalue weighted by atomic mass is 9.99. The van der Waals surface area contributed by atoms with Crippen LogP contribution in [0.3, 0.4) is 0 Å². The standard InChI is InChI=1S/C14H18N2O3/c1-10-8-16(9-12(10)14(18)19)13(17)5-4-11-3-2-6-15-7-11/h2-3,6-7,10,12H,4-5,8-9H2,1H3,(H,18,19). The van der Waals surface area contributed by atoms with Gasteiger partial charge in [0.25, 0.3) is 0 Å². The summed E-state index contributed by atoms with van der Waals surface area (Å²) in [6.45, 7) is 2.76. The Labute approximate surface area is 112 Å². The van der Waals surface area contributed by atoms with Crippen LogP contribution in [-0.2, 0) is 16.0 Å². The van der Waals surface area contributed by atoms with Gasteiger partial charge in [0.05, 0.1) is 5.92 Å². The first-order chi connectivity index (χ1) is 9.08. The van der Waals surface area contributed by atoms with Crippen LogP contribution < -0.4 is 0 Å². The number of aromatic nitrogens is 1. The highest BCUT2D eigenvalue weighted by Crippen LogP contribution is 2.23. The van der Waals surface area contributed by atoms with E-state index >= 15 is 0 Å². The van der Waals surface area contributed by atoms with E-state index in [-0.39, 0.29) is 11.8 Å². The molecule has 1 fully saturated rings. The monoisotopic (exact) mass is 262 g/mol. The van der Waals surface area contributed by atoms with Crippen LogP contribution in [0.1, 0.15) is 18.9 Å². The SMILES string of the molecule is CC1CN(C(=O)CCc2cccnc2)CC1C(=O)O. The van der Waals surface area contributed by atoms with Gasteiger partial charge in [0.2, 0.25) is 5.91 Å². The second kappa shape index (κ2) is 5.82. The first-order valence-electron chi connectivity index (χ1n) is 6.47. The van der Waals surface area contributed by atoms with E-state index in [1.54, 1.807) is 17.3 Å². The van der Waals surface area contributed by atoms with Gasteiger partial charge in [0.15, 0.2) is 0 Å². The van der Waals surface area contributed by atoms with Crippen LogP contribution in [0.2, 0.25) is 0 Å². The second-order valence-electron chi connectivity index (χ2n) is 5.08. The predicted octanol–water partition coefficient (Wildman–Crippen LogP) is 1.19. The van der Waals surface area contributed by atoms with Crippen LogP contribution in [-0.4, -0.2) is 40.0 Å². The molecule has 1 aromatic heterocycles. The summed E-state index contributed by atoms with van der Waals surface area (Å²) in [5.41, 5.74) is 1.03. The maximum Gasteiger partial charge on any atom is 0.308 e. The number of hydrogen-bond donors (Lipinski definition) is 1. The largest absolute Gasteiger partial charge is 0.481 e. The molecular weight excluding hydrogens is 244 g/mol. The third kappa shape index (κ3) is 3.30. The number of carboxylic acid groups (broad SMARTS) is 1. The fourth-order valence-electron chi connectivity index (χ4n) is 2.45. The fourth-order valence-corrected chi connectivity index (χ4v) is 2.45. The van der Waals surface area contributed by atoms with Crippen molar-refractivity contribution in [1.82, 2.24) is 9.88 Å². The normalized spacial score (nSPS) is 22.5. The number of nitrogens with zero attached hydrogens (tertiary/aromatic N) is 2. The van der Waals surface area contributed by atoms with E-state index in [0.717, 1.165) is 5.56 Å². The van der Waals surface area contributed by atoms with Gasteiger partial charge in [-0.1, -0.05) is 13.0 Å². The molecule has 0 radical (unpaired) electrons. The van der Waals surface area contributed by atoms with Gasteiger partial charge in [-0.25, -0.2) is 0 Å². The molecule has 2 unspecified atom stereocenters. The fraction of sp³-hybridized carbons (Fsp3) is 0.500. The number of hydrogen-bond acceptors (Lipinski definition) is 3. The molecule has 0 saturated carbocycles. The Kier molecular flexibility index (Phi) is 4.14. The van der Waals surface area contributed by atoms with Crippen molar-refractivity contribution in [3.05, 3.63) is 30.1 Å². The molecule has 2 atom stereocenters. The lowest BCUT2D eigenvalue weighted by Crippen LogP contribution is -2.30. The maximum atomic E-state index is 12.0. The molecule has 102 valence electrons. The van der Waals surface area contributed by atoms with Gasteiger partial charge in [0.1, 0.15) is 0 Å². The molecule has 0 spiro atoms. The Balaban J connectivity index is 1.86. The van der Waals surface area contributed by atoms with E-state index < -0.39 is 11.9 Å². The van der Waals surface area contributed by atoms with Crippen molar-refractivity contribution in [2.24, 2.45) is 11.8 Å². The topological polar surface area (TPSA) is 70.5 Å². The molecule has 1 saturated heterocycles. The molecule has 2 heterocycles. The van der Waals surface area contributed by atoms with Crippen LogP contribution in [0, 0.1) is 11.8 Å². The van der Waals surface area contributed by atoms with E-state index in [1.807, 2.05) is 19.1 Å². The molecule has 1 aliphatic rings. The molecular formula is C14H18N2O3. The Morgan fingerprint density at radius 1 is 1.47 bits per heavy atom. The van der Waals surface area contributed by atoms with Crippen LogP contribution in [0.4, 0.5) is 0 Å². The van der Waals surface area contributed by atoms with Gasteiger partial charge in [-0.05, 0) is 24.0 Å². The second-order valence-corrected chi connectivity index (χ2v) is 5.08. The molecule has 1 N–H and O–H groups in total. The third-order valence-corrected chi connectivity index (χ3v) is 3.63. The van der Waals surface area contributed by atoms with Gasteiger partial charge in [-0.2, -0.15) is 0 Å². The number of aryl methyl sites for hydroxylation is 1. The zero-order valence-electron chi connectivity index (χ0n) is 11.0. The van der Waals surface area contributed by atoms with Crippen molar-refractivity contribution in [2.75, 3.05) is 13.1 Å². The zero-order chi connectivity index (χ0) is 13.8. The molecule has 1 aliphatic heterocycles. The minimum atomic E-state index is -0.810. The van der Waals surface area contributed by atoms with Crippen molar-refractivity contribution in [3.63, 3.8) is 0 Å². The van der Waals surface area contributed by atoms with Crippen molar-refractivity contribution in [1.29, 1.82) is 0 Å². The quantitative estimate of drug-likeness (QED) is 0.885. The number of carbonyl (C=O) groups excluding carboxylic acids is 1. The minimum absolute atomic E-state index is 0.0273. The number of likely N-dealkylation sites (tertiary alicyclic amines) is 1. The Morgan fingerprint density at radius 3 is 2.84 bits per heavy atom. The number of aliphatic carboxylic acids is 1. The molecule has 0 aliphatic carbocycles. The summed E-state index contributed by atoms with van der Waals surface area (Å²) in [6, 6.07) is 3.78. The summed E-state index contributed by atoms with van der Waals surface area (Å²) in [6.07, 6.45) is 4.50. The minimum Gasteiger partial charge on any atom is -0.481 e. The van der Waals surface area contributed by atoms with Gasteiger partial charge < -0.3 is 10.0 Å². The average Bonchev–Trinajstić information content (AvgIpc) is 2.79. The summed E-state index contributed by atoms with van der Waals surface area (Å²) in [5.74, 6) is -1.18. The van der Waals surface area contributed by atoms with Crippen molar-refractivity contribution >= 4 is 11.9 Å². The zero-order valence-corrected chi connectivity index (χ0v) is 11.0. The van der Waals surface area contributed by atoms with Crippen LogP contribution in [0.25, 0.3) is 0 Å². The Morgan fingerprint density at radius 2 is 2.26 bits per heavy atom. The third-order valence-electron chi connectivity index (χ3n) is 3.63. The van der Waals surface area contributed by atoms with E-state index in [1.165, 1.54) is 0 Å². The Bertz CT molecular complexity index is 461. The number of amides is 1. The highest BCUT2D eigenvalue weighted by molar-refractivity contribution is 5.79. The van der Waals surface area contributed by atoms with Crippen LogP contribution in [0.15, 0.2) is 24.5 Å². The lowest BCUT2D eigenvalue weighted by molar-refractivity contribution is -0.142. The van der Waals surface area contributed by atoms with Gasteiger partial charge in [-0.15, -0.1) is 0 Å². The number of carboxylic acids is 1.